The normalized spacial score (nSPS) is 30.2. The van der Waals surface area contributed by atoms with Crippen molar-refractivity contribution in [3.05, 3.63) is 35.4 Å². The molecule has 6 fully saturated rings. The van der Waals surface area contributed by atoms with Gasteiger partial charge in [0.05, 0.1) is 11.2 Å². The van der Waals surface area contributed by atoms with Crippen LogP contribution in [-0.2, 0) is 25.8 Å². The summed E-state index contributed by atoms with van der Waals surface area (Å²) in [5.41, 5.74) is 1.91. The second-order valence-electron chi connectivity index (χ2n) is 7.90. The molecule has 0 saturated carbocycles. The van der Waals surface area contributed by atoms with Gasteiger partial charge in [0.2, 0.25) is 0 Å². The second-order valence-corrected chi connectivity index (χ2v) is 13.0. The molecule has 9 nitrogen and oxygen atoms in total. The molecule has 4 unspecified atom stereocenters. The van der Waals surface area contributed by atoms with E-state index in [-0.39, 0.29) is 53.0 Å². The molecule has 1 N–H and O–H groups in total. The summed E-state index contributed by atoms with van der Waals surface area (Å²) < 4.78 is 0.0237. The topological polar surface area (TPSA) is 101 Å². The fourth-order valence-electron chi connectivity index (χ4n) is 3.64. The first-order valence-corrected chi connectivity index (χ1v) is 14.2. The average molecular weight is 545 g/mol. The summed E-state index contributed by atoms with van der Waals surface area (Å²) in [6.07, 6.45) is 0. The number of aliphatic hydroxyl groups is 1. The van der Waals surface area contributed by atoms with Gasteiger partial charge in [0, 0.05) is 28.2 Å². The van der Waals surface area contributed by atoms with E-state index in [1.165, 1.54) is 54.9 Å². The Hall–Kier alpha value is -1.54. The first-order chi connectivity index (χ1) is 15.6. The van der Waals surface area contributed by atoms with E-state index in [2.05, 4.69) is 0 Å². The Morgan fingerprint density at radius 1 is 0.676 bits per heavy atom. The summed E-state index contributed by atoms with van der Waals surface area (Å²) in [6, 6.07) is 7.66. The number of aliphatic hydroxyl groups excluding tert-OH is 1. The Morgan fingerprint density at radius 2 is 1.03 bits per heavy atom. The molecule has 0 aliphatic carbocycles. The maximum Gasteiger partial charge on any atom is 0.257 e. The molecule has 7 rings (SSSR count). The van der Waals surface area contributed by atoms with Gasteiger partial charge in [-0.3, -0.25) is 19.2 Å². The Labute approximate surface area is 215 Å². The van der Waals surface area contributed by atoms with Gasteiger partial charge in [-0.15, -0.1) is 23.5 Å². The Balaban J connectivity index is 0.000000212. The minimum Gasteiger partial charge on any atom is -0.392 e. The van der Waals surface area contributed by atoms with Crippen molar-refractivity contribution in [2.75, 3.05) is 28.2 Å². The molecule has 34 heavy (non-hydrogen) atoms. The molecule has 4 amide bonds. The summed E-state index contributed by atoms with van der Waals surface area (Å²) in [6.45, 7) is 0.0128. The summed E-state index contributed by atoms with van der Waals surface area (Å²) in [5, 5.41) is 7.56. The van der Waals surface area contributed by atoms with Crippen LogP contribution < -0.4 is 0 Å². The smallest absolute Gasteiger partial charge is 0.257 e. The predicted molar refractivity (Wildman–Crippen MR) is 138 cm³/mol. The van der Waals surface area contributed by atoms with E-state index in [9.17, 15) is 19.2 Å². The van der Waals surface area contributed by atoms with Crippen molar-refractivity contribution in [2.45, 2.75) is 40.1 Å². The highest BCUT2D eigenvalue weighted by molar-refractivity contribution is 8.77. The standard InChI is InChI=1S/C14H16N2O3S2.C6H8N2O2S2.CH4/c1-15-10(18)13-16(2)11(19)12(15)20-14(21-13)9-5-3-8(7-17)4-6-9;1-7-3(9)6-8(2)4(10)5(7)11-12-6;/h3-6,12-14,17H,7H2,1-2H3;5-6H,1-2H3;1H4. The van der Waals surface area contributed by atoms with Crippen molar-refractivity contribution in [2.24, 2.45) is 0 Å². The molecule has 6 saturated heterocycles. The van der Waals surface area contributed by atoms with Crippen molar-refractivity contribution >= 4 is 68.7 Å². The third-order valence-electron chi connectivity index (χ3n) is 5.82. The zero-order chi connectivity index (χ0) is 24.0. The Morgan fingerprint density at radius 3 is 1.41 bits per heavy atom. The molecule has 0 radical (unpaired) electrons. The Kier molecular flexibility index (Phi) is 8.44. The molecule has 4 atom stereocenters. The number of rotatable bonds is 2. The number of nitrogens with zero attached hydrogens (tertiary/aromatic N) is 4. The molecule has 4 bridgehead atoms. The van der Waals surface area contributed by atoms with Crippen molar-refractivity contribution < 1.29 is 24.3 Å². The highest BCUT2D eigenvalue weighted by Crippen LogP contribution is 2.51. The van der Waals surface area contributed by atoms with Gasteiger partial charge in [0.1, 0.15) is 0 Å². The van der Waals surface area contributed by atoms with Gasteiger partial charge in [-0.2, -0.15) is 0 Å². The van der Waals surface area contributed by atoms with Gasteiger partial charge in [-0.05, 0) is 11.1 Å². The minimum absolute atomic E-state index is 0. The number of amides is 4. The maximum atomic E-state index is 12.3. The number of benzene rings is 1. The monoisotopic (exact) mass is 544 g/mol. The van der Waals surface area contributed by atoms with Gasteiger partial charge in [0.15, 0.2) is 21.5 Å². The molecule has 186 valence electrons. The zero-order valence-corrected chi connectivity index (χ0v) is 21.7. The summed E-state index contributed by atoms with van der Waals surface area (Å²) in [7, 11) is 9.67. The minimum atomic E-state index is -0.462. The van der Waals surface area contributed by atoms with Crippen molar-refractivity contribution in [3.8, 4) is 0 Å². The molecule has 13 heteroatoms. The third kappa shape index (κ3) is 4.64. The van der Waals surface area contributed by atoms with Crippen LogP contribution in [0.25, 0.3) is 0 Å². The maximum absolute atomic E-state index is 12.3. The number of hydrogen-bond acceptors (Lipinski definition) is 9. The lowest BCUT2D eigenvalue weighted by Gasteiger charge is -2.45. The molecule has 1 aromatic carbocycles. The van der Waals surface area contributed by atoms with E-state index < -0.39 is 10.7 Å². The number of fused-ring (bicyclic) bond motifs is 7. The highest BCUT2D eigenvalue weighted by Gasteiger charge is 2.50. The number of hydrogen-bond donors (Lipinski definition) is 1. The number of likely N-dealkylation sites (N-methyl/N-ethyl adjacent to an activating group) is 4. The third-order valence-corrected chi connectivity index (χ3v) is 12.0. The predicted octanol–water partition coefficient (Wildman–Crippen LogP) is 1.84. The number of piperazine rings is 2. The van der Waals surface area contributed by atoms with Crippen molar-refractivity contribution in [1.82, 2.24) is 19.6 Å². The molecule has 0 aromatic heterocycles. The lowest BCUT2D eigenvalue weighted by Crippen LogP contribution is -2.62. The second kappa shape index (κ2) is 10.6. The first kappa shape index (κ1) is 27.1. The summed E-state index contributed by atoms with van der Waals surface area (Å²) >= 11 is 3.00. The van der Waals surface area contributed by atoms with Crippen LogP contribution in [0.4, 0.5) is 0 Å². The largest absolute Gasteiger partial charge is 0.392 e. The molecular formula is C21H28N4O5S4. The van der Waals surface area contributed by atoms with E-state index in [4.69, 9.17) is 5.11 Å². The number of carbonyl (C=O) groups excluding carboxylic acids is 4. The average Bonchev–Trinajstić information content (AvgIpc) is 3.03. The van der Waals surface area contributed by atoms with Crippen LogP contribution in [0.15, 0.2) is 24.3 Å². The van der Waals surface area contributed by atoms with Gasteiger partial charge in [-0.1, -0.05) is 53.3 Å². The molecule has 6 heterocycles. The summed E-state index contributed by atoms with van der Waals surface area (Å²) in [5.74, 6) is 0.0276. The summed E-state index contributed by atoms with van der Waals surface area (Å²) in [4.78, 5) is 53.6. The lowest BCUT2D eigenvalue weighted by atomic mass is 10.2. The van der Waals surface area contributed by atoms with Crippen LogP contribution in [0.1, 0.15) is 23.1 Å². The van der Waals surface area contributed by atoms with E-state index >= 15 is 0 Å². The first-order valence-electron chi connectivity index (χ1n) is 10.0. The van der Waals surface area contributed by atoms with Crippen LogP contribution >= 0.6 is 45.1 Å². The van der Waals surface area contributed by atoms with E-state index in [0.29, 0.717) is 0 Å². The van der Waals surface area contributed by atoms with Crippen LogP contribution in [0.5, 0.6) is 0 Å². The fourth-order valence-corrected chi connectivity index (χ4v) is 9.84. The lowest BCUT2D eigenvalue weighted by molar-refractivity contribution is -0.150. The van der Waals surface area contributed by atoms with E-state index in [1.54, 1.807) is 38.0 Å². The van der Waals surface area contributed by atoms with Crippen molar-refractivity contribution in [3.63, 3.8) is 0 Å². The zero-order valence-electron chi connectivity index (χ0n) is 18.4. The highest BCUT2D eigenvalue weighted by atomic mass is 33.1. The van der Waals surface area contributed by atoms with Crippen LogP contribution in [0.3, 0.4) is 0 Å². The fraction of sp³-hybridized carbons (Fsp3) is 0.524. The number of carbonyl (C=O) groups is 4. The van der Waals surface area contributed by atoms with E-state index in [0.717, 1.165) is 11.1 Å². The molecular weight excluding hydrogens is 517 g/mol. The van der Waals surface area contributed by atoms with Crippen LogP contribution in [-0.4, -0.2) is 98.0 Å². The van der Waals surface area contributed by atoms with Gasteiger partial charge < -0.3 is 24.7 Å². The van der Waals surface area contributed by atoms with Crippen molar-refractivity contribution in [1.29, 1.82) is 0 Å². The van der Waals surface area contributed by atoms with E-state index in [1.807, 2.05) is 24.3 Å². The van der Waals surface area contributed by atoms with Crippen LogP contribution in [0, 0.1) is 0 Å². The van der Waals surface area contributed by atoms with Gasteiger partial charge in [0.25, 0.3) is 23.6 Å². The molecule has 6 aliphatic rings. The SMILES string of the molecule is C.CN1C(=O)C2SC(c3ccc(CO)cc3)SC1C(=O)N2C.CN1C(=O)C2SSC1C(=O)N2C. The molecule has 0 spiro atoms. The number of thioether (sulfide) groups is 2. The van der Waals surface area contributed by atoms with Gasteiger partial charge in [-0.25, -0.2) is 0 Å². The Bertz CT molecular complexity index is 926. The molecule has 6 aliphatic heterocycles. The molecule has 1 aromatic rings. The van der Waals surface area contributed by atoms with Crippen LogP contribution in [0.2, 0.25) is 0 Å². The van der Waals surface area contributed by atoms with Gasteiger partial charge >= 0.3 is 0 Å². The quantitative estimate of drug-likeness (QED) is 0.559.